The van der Waals surface area contributed by atoms with Crippen molar-refractivity contribution < 1.29 is 19.1 Å². The molecule has 2 aliphatic rings. The summed E-state index contributed by atoms with van der Waals surface area (Å²) in [5.41, 5.74) is 3.87. The fourth-order valence-electron chi connectivity index (χ4n) is 4.92. The molecule has 1 aliphatic carbocycles. The lowest BCUT2D eigenvalue weighted by molar-refractivity contribution is -0.139. The molecule has 0 radical (unpaired) electrons. The molecule has 1 fully saturated rings. The van der Waals surface area contributed by atoms with Crippen molar-refractivity contribution in [3.63, 3.8) is 0 Å². The van der Waals surface area contributed by atoms with Gasteiger partial charge in [0.2, 0.25) is 0 Å². The number of aliphatic imine (C=N–C) groups is 1. The average Bonchev–Trinajstić information content (AvgIpc) is 2.79. The van der Waals surface area contributed by atoms with Crippen LogP contribution >= 0.6 is 11.6 Å². The van der Waals surface area contributed by atoms with Gasteiger partial charge in [0.25, 0.3) is 0 Å². The number of hydrogen-bond donors (Lipinski definition) is 0. The fraction of sp³-hybridized carbons (Fsp3) is 0.370. The van der Waals surface area contributed by atoms with Crippen molar-refractivity contribution in [3.8, 4) is 5.75 Å². The van der Waals surface area contributed by atoms with E-state index in [1.165, 1.54) is 0 Å². The third-order valence-corrected chi connectivity index (χ3v) is 6.59. The second-order valence-corrected chi connectivity index (χ2v) is 8.84. The zero-order valence-corrected chi connectivity index (χ0v) is 19.9. The van der Waals surface area contributed by atoms with Crippen LogP contribution in [-0.4, -0.2) is 30.7 Å². The van der Waals surface area contributed by atoms with E-state index >= 15 is 0 Å². The van der Waals surface area contributed by atoms with Crippen molar-refractivity contribution in [1.82, 2.24) is 0 Å². The first-order valence-electron chi connectivity index (χ1n) is 11.4. The highest BCUT2D eigenvalue weighted by Gasteiger charge is 2.46. The standard InChI is InChI=1S/C27H28ClNO4/c1-4-32-21-12-8-18(9-13-21)25-24(27(31)33-5-2)16(3)29-22-14-19(15-23(30)26(22)25)17-6-10-20(28)11-7-17/h6-13,19,25-26H,4-5,14-15H2,1-3H3/t19-,25-,26?/m1/s1. The largest absolute Gasteiger partial charge is 0.494 e. The molecule has 3 atom stereocenters. The number of rotatable bonds is 6. The van der Waals surface area contributed by atoms with Crippen LogP contribution < -0.4 is 4.74 Å². The molecule has 1 saturated carbocycles. The van der Waals surface area contributed by atoms with Gasteiger partial charge in [-0.15, -0.1) is 0 Å². The van der Waals surface area contributed by atoms with Gasteiger partial charge in [-0.3, -0.25) is 9.79 Å². The predicted molar refractivity (Wildman–Crippen MR) is 129 cm³/mol. The molecule has 5 nitrogen and oxygen atoms in total. The number of allylic oxidation sites excluding steroid dienone is 1. The average molecular weight is 466 g/mol. The normalized spacial score (nSPS) is 22.5. The number of nitrogens with zero attached hydrogens (tertiary/aromatic N) is 1. The van der Waals surface area contributed by atoms with Crippen molar-refractivity contribution >= 4 is 29.1 Å². The second-order valence-electron chi connectivity index (χ2n) is 8.40. The summed E-state index contributed by atoms with van der Waals surface area (Å²) in [6.07, 6.45) is 1.06. The van der Waals surface area contributed by atoms with Crippen molar-refractivity contribution in [2.75, 3.05) is 13.2 Å². The number of benzene rings is 2. The molecule has 1 aliphatic heterocycles. The highest BCUT2D eigenvalue weighted by Crippen LogP contribution is 2.46. The van der Waals surface area contributed by atoms with E-state index in [0.717, 1.165) is 22.6 Å². The summed E-state index contributed by atoms with van der Waals surface area (Å²) in [5.74, 6) is -0.428. The summed E-state index contributed by atoms with van der Waals surface area (Å²) in [4.78, 5) is 31.3. The topological polar surface area (TPSA) is 65.0 Å². The minimum absolute atomic E-state index is 0.0442. The van der Waals surface area contributed by atoms with Gasteiger partial charge >= 0.3 is 5.97 Å². The van der Waals surface area contributed by atoms with Gasteiger partial charge in [-0.25, -0.2) is 4.79 Å². The van der Waals surface area contributed by atoms with Gasteiger partial charge in [0.1, 0.15) is 11.5 Å². The van der Waals surface area contributed by atoms with Crippen molar-refractivity contribution in [3.05, 3.63) is 76.0 Å². The molecule has 0 amide bonds. The Morgan fingerprint density at radius 3 is 2.27 bits per heavy atom. The van der Waals surface area contributed by atoms with Gasteiger partial charge in [-0.2, -0.15) is 0 Å². The zero-order valence-electron chi connectivity index (χ0n) is 19.1. The number of ether oxygens (including phenoxy) is 2. The van der Waals surface area contributed by atoms with E-state index in [4.69, 9.17) is 26.1 Å². The van der Waals surface area contributed by atoms with E-state index in [9.17, 15) is 9.59 Å². The van der Waals surface area contributed by atoms with Crippen LogP contribution in [0.3, 0.4) is 0 Å². The number of esters is 1. The van der Waals surface area contributed by atoms with Crippen molar-refractivity contribution in [1.29, 1.82) is 0 Å². The molecule has 0 aromatic heterocycles. The number of halogens is 1. The van der Waals surface area contributed by atoms with Gasteiger partial charge in [0.15, 0.2) is 0 Å². The lowest BCUT2D eigenvalue weighted by atomic mass is 9.66. The van der Waals surface area contributed by atoms with Crippen molar-refractivity contribution in [2.24, 2.45) is 10.9 Å². The maximum atomic E-state index is 13.6. The molecule has 1 heterocycles. The third-order valence-electron chi connectivity index (χ3n) is 6.34. The van der Waals surface area contributed by atoms with E-state index < -0.39 is 17.8 Å². The molecule has 0 bridgehead atoms. The first-order valence-corrected chi connectivity index (χ1v) is 11.8. The molecular formula is C27H28ClNO4. The summed E-state index contributed by atoms with van der Waals surface area (Å²) >= 11 is 6.05. The molecule has 0 spiro atoms. The van der Waals surface area contributed by atoms with Crippen LogP contribution in [0, 0.1) is 5.92 Å². The smallest absolute Gasteiger partial charge is 0.336 e. The Bertz CT molecular complexity index is 1100. The predicted octanol–water partition coefficient (Wildman–Crippen LogP) is 5.88. The van der Waals surface area contributed by atoms with Gasteiger partial charge in [-0.05, 0) is 68.5 Å². The number of Topliss-reactive ketones (excluding diaryl/α,β-unsaturated/α-hetero) is 1. The van der Waals surface area contributed by atoms with E-state index in [0.29, 0.717) is 35.7 Å². The number of hydrogen-bond acceptors (Lipinski definition) is 5. The van der Waals surface area contributed by atoms with Gasteiger partial charge in [0.05, 0.1) is 24.7 Å². The molecule has 0 saturated heterocycles. The van der Waals surface area contributed by atoms with Crippen LogP contribution in [0.25, 0.3) is 0 Å². The molecule has 0 N–H and O–H groups in total. The zero-order chi connectivity index (χ0) is 23.5. The highest BCUT2D eigenvalue weighted by molar-refractivity contribution is 6.30. The second kappa shape index (κ2) is 9.92. The molecule has 4 rings (SSSR count). The van der Waals surface area contributed by atoms with Crippen LogP contribution in [0.15, 0.2) is 64.8 Å². The first kappa shape index (κ1) is 23.2. The highest BCUT2D eigenvalue weighted by atomic mass is 35.5. The summed E-state index contributed by atoms with van der Waals surface area (Å²) in [6.45, 7) is 6.37. The van der Waals surface area contributed by atoms with E-state index in [1.54, 1.807) is 6.92 Å². The maximum Gasteiger partial charge on any atom is 0.336 e. The Hall–Kier alpha value is -2.92. The van der Waals surface area contributed by atoms with E-state index in [-0.39, 0.29) is 18.3 Å². The van der Waals surface area contributed by atoms with Crippen LogP contribution in [-0.2, 0) is 14.3 Å². The summed E-state index contributed by atoms with van der Waals surface area (Å²) < 4.78 is 10.9. The Morgan fingerprint density at radius 1 is 0.970 bits per heavy atom. The van der Waals surface area contributed by atoms with Crippen molar-refractivity contribution in [2.45, 2.75) is 45.4 Å². The first-order chi connectivity index (χ1) is 15.9. The fourth-order valence-corrected chi connectivity index (χ4v) is 5.05. The number of carbonyl (C=O) groups is 2. The van der Waals surface area contributed by atoms with Gasteiger partial charge in [-0.1, -0.05) is 35.9 Å². The quantitative estimate of drug-likeness (QED) is 0.500. The summed E-state index contributed by atoms with van der Waals surface area (Å²) in [7, 11) is 0. The lowest BCUT2D eigenvalue weighted by Crippen LogP contribution is -2.41. The van der Waals surface area contributed by atoms with E-state index in [1.807, 2.05) is 62.4 Å². The Morgan fingerprint density at radius 2 is 1.64 bits per heavy atom. The van der Waals surface area contributed by atoms with E-state index in [2.05, 4.69) is 0 Å². The Balaban J connectivity index is 1.75. The van der Waals surface area contributed by atoms with Crippen LogP contribution in [0.2, 0.25) is 5.02 Å². The SMILES string of the molecule is CCOC(=O)C1=C(C)N=C2C[C@@H](c3ccc(Cl)cc3)CC(=O)C2[C@@H]1c1ccc(OCC)cc1. The molecule has 33 heavy (non-hydrogen) atoms. The summed E-state index contributed by atoms with van der Waals surface area (Å²) in [5, 5.41) is 0.669. The Kier molecular flexibility index (Phi) is 6.99. The maximum absolute atomic E-state index is 13.6. The number of fused-ring (bicyclic) bond motifs is 1. The van der Waals surface area contributed by atoms with Gasteiger partial charge < -0.3 is 9.47 Å². The molecule has 2 aromatic rings. The molecule has 6 heteroatoms. The summed E-state index contributed by atoms with van der Waals surface area (Å²) in [6, 6.07) is 15.3. The van der Waals surface area contributed by atoms with Crippen LogP contribution in [0.1, 0.15) is 56.6 Å². The minimum atomic E-state index is -0.477. The number of carbonyl (C=O) groups excluding carboxylic acids is 2. The minimum Gasteiger partial charge on any atom is -0.494 e. The molecule has 1 unspecified atom stereocenters. The third kappa shape index (κ3) is 4.74. The lowest BCUT2D eigenvalue weighted by Gasteiger charge is -2.38. The molecular weight excluding hydrogens is 438 g/mol. The van der Waals surface area contributed by atoms with Gasteiger partial charge in [0, 0.05) is 28.8 Å². The Labute approximate surface area is 199 Å². The molecule has 2 aromatic carbocycles. The number of ketones is 1. The van der Waals surface area contributed by atoms with Crippen LogP contribution in [0.5, 0.6) is 5.75 Å². The monoisotopic (exact) mass is 465 g/mol. The molecule has 172 valence electrons. The van der Waals surface area contributed by atoms with Crippen LogP contribution in [0.4, 0.5) is 0 Å².